The van der Waals surface area contributed by atoms with Gasteiger partial charge in [-0.1, -0.05) is 19.1 Å². The van der Waals surface area contributed by atoms with Gasteiger partial charge in [-0.2, -0.15) is 0 Å². The number of rotatable bonds is 7. The summed E-state index contributed by atoms with van der Waals surface area (Å²) in [5.74, 6) is -2.99. The summed E-state index contributed by atoms with van der Waals surface area (Å²) in [5, 5.41) is 5.58. The van der Waals surface area contributed by atoms with Crippen LogP contribution in [0.4, 0.5) is 20.2 Å². The lowest BCUT2D eigenvalue weighted by Gasteiger charge is -2.17. The number of hydrogen-bond acceptors (Lipinski definition) is 3. The molecule has 2 aromatic rings. The zero-order valence-corrected chi connectivity index (χ0v) is 16.6. The third kappa shape index (κ3) is 5.20. The van der Waals surface area contributed by atoms with E-state index in [-0.39, 0.29) is 42.9 Å². The van der Waals surface area contributed by atoms with Crippen molar-refractivity contribution in [2.75, 3.05) is 16.8 Å². The Morgan fingerprint density at radius 3 is 2.70 bits per heavy atom. The normalized spacial score (nSPS) is 15.9. The summed E-state index contributed by atoms with van der Waals surface area (Å²) in [6, 6.07) is 10.1. The zero-order valence-electron chi connectivity index (χ0n) is 16.6. The zero-order chi connectivity index (χ0) is 21.7. The molecule has 1 saturated heterocycles. The summed E-state index contributed by atoms with van der Waals surface area (Å²) >= 11 is 0. The number of benzene rings is 2. The SMILES string of the molecule is CCCC(=O)Nc1cccc(CNC(=O)C2CC(=O)N(c3ccc(F)cc3F)C2)c1. The number of amides is 3. The molecule has 2 aromatic carbocycles. The quantitative estimate of drug-likeness (QED) is 0.728. The average molecular weight is 415 g/mol. The maximum absolute atomic E-state index is 14.0. The number of anilines is 2. The summed E-state index contributed by atoms with van der Waals surface area (Å²) in [4.78, 5) is 37.7. The largest absolute Gasteiger partial charge is 0.352 e. The molecule has 0 bridgehead atoms. The molecule has 0 aliphatic carbocycles. The molecule has 3 amide bonds. The van der Waals surface area contributed by atoms with Gasteiger partial charge in [-0.25, -0.2) is 8.78 Å². The molecule has 1 aliphatic rings. The Labute approximate surface area is 173 Å². The summed E-state index contributed by atoms with van der Waals surface area (Å²) in [6.07, 6.45) is 1.14. The number of halogens is 2. The van der Waals surface area contributed by atoms with E-state index in [4.69, 9.17) is 0 Å². The van der Waals surface area contributed by atoms with Crippen LogP contribution in [0.2, 0.25) is 0 Å². The Balaban J connectivity index is 1.58. The maximum Gasteiger partial charge on any atom is 0.227 e. The van der Waals surface area contributed by atoms with Crippen LogP contribution >= 0.6 is 0 Å². The van der Waals surface area contributed by atoms with E-state index in [9.17, 15) is 23.2 Å². The second-order valence-electron chi connectivity index (χ2n) is 7.22. The van der Waals surface area contributed by atoms with Crippen molar-refractivity contribution in [2.24, 2.45) is 5.92 Å². The molecule has 3 rings (SSSR count). The Hall–Kier alpha value is -3.29. The number of carbonyl (C=O) groups is 3. The topological polar surface area (TPSA) is 78.5 Å². The van der Waals surface area contributed by atoms with Gasteiger partial charge in [-0.15, -0.1) is 0 Å². The fourth-order valence-corrected chi connectivity index (χ4v) is 3.36. The second kappa shape index (κ2) is 9.47. The summed E-state index contributed by atoms with van der Waals surface area (Å²) in [6.45, 7) is 2.18. The second-order valence-corrected chi connectivity index (χ2v) is 7.22. The van der Waals surface area contributed by atoms with Crippen LogP contribution < -0.4 is 15.5 Å². The minimum absolute atomic E-state index is 0.0281. The highest BCUT2D eigenvalue weighted by atomic mass is 19.1. The van der Waals surface area contributed by atoms with Crippen LogP contribution in [0, 0.1) is 17.6 Å². The van der Waals surface area contributed by atoms with Crippen LogP contribution in [0.1, 0.15) is 31.7 Å². The molecule has 6 nitrogen and oxygen atoms in total. The highest BCUT2D eigenvalue weighted by Crippen LogP contribution is 2.28. The van der Waals surface area contributed by atoms with Crippen molar-refractivity contribution in [1.82, 2.24) is 5.32 Å². The smallest absolute Gasteiger partial charge is 0.227 e. The lowest BCUT2D eigenvalue weighted by molar-refractivity contribution is -0.126. The van der Waals surface area contributed by atoms with Gasteiger partial charge in [0.05, 0.1) is 11.6 Å². The van der Waals surface area contributed by atoms with E-state index in [0.717, 1.165) is 18.1 Å². The third-order valence-corrected chi connectivity index (χ3v) is 4.85. The number of nitrogens with zero attached hydrogens (tertiary/aromatic N) is 1. The van der Waals surface area contributed by atoms with Crippen LogP contribution in [-0.4, -0.2) is 24.3 Å². The van der Waals surface area contributed by atoms with Gasteiger partial charge in [-0.05, 0) is 36.2 Å². The Morgan fingerprint density at radius 1 is 1.17 bits per heavy atom. The minimum Gasteiger partial charge on any atom is -0.352 e. The van der Waals surface area contributed by atoms with Crippen molar-refractivity contribution in [1.29, 1.82) is 0 Å². The van der Waals surface area contributed by atoms with Gasteiger partial charge in [0.25, 0.3) is 0 Å². The molecule has 8 heteroatoms. The molecule has 0 radical (unpaired) electrons. The molecule has 1 fully saturated rings. The Bertz CT molecular complexity index is 964. The monoisotopic (exact) mass is 415 g/mol. The third-order valence-electron chi connectivity index (χ3n) is 4.85. The fraction of sp³-hybridized carbons (Fsp3) is 0.318. The van der Waals surface area contributed by atoms with E-state index in [2.05, 4.69) is 10.6 Å². The molecule has 1 atom stereocenters. The first-order chi connectivity index (χ1) is 14.4. The number of carbonyl (C=O) groups excluding carboxylic acids is 3. The minimum atomic E-state index is -0.841. The number of nitrogens with one attached hydrogen (secondary N) is 2. The van der Waals surface area contributed by atoms with Crippen molar-refractivity contribution in [3.63, 3.8) is 0 Å². The van der Waals surface area contributed by atoms with Gasteiger partial charge in [-0.3, -0.25) is 14.4 Å². The Morgan fingerprint density at radius 2 is 1.97 bits per heavy atom. The predicted octanol–water partition coefficient (Wildman–Crippen LogP) is 3.37. The van der Waals surface area contributed by atoms with Gasteiger partial charge in [0, 0.05) is 37.7 Å². The molecule has 0 aromatic heterocycles. The molecule has 1 unspecified atom stereocenters. The summed E-state index contributed by atoms with van der Waals surface area (Å²) in [7, 11) is 0. The van der Waals surface area contributed by atoms with Crippen LogP contribution in [0.5, 0.6) is 0 Å². The maximum atomic E-state index is 14.0. The highest BCUT2D eigenvalue weighted by Gasteiger charge is 2.36. The van der Waals surface area contributed by atoms with E-state index in [0.29, 0.717) is 18.2 Å². The van der Waals surface area contributed by atoms with Crippen molar-refractivity contribution in [3.05, 3.63) is 59.7 Å². The van der Waals surface area contributed by atoms with Crippen LogP contribution in [-0.2, 0) is 20.9 Å². The van der Waals surface area contributed by atoms with E-state index in [1.54, 1.807) is 18.2 Å². The van der Waals surface area contributed by atoms with Gasteiger partial charge in [0.2, 0.25) is 17.7 Å². The van der Waals surface area contributed by atoms with Crippen molar-refractivity contribution < 1.29 is 23.2 Å². The van der Waals surface area contributed by atoms with Crippen molar-refractivity contribution >= 4 is 29.1 Å². The van der Waals surface area contributed by atoms with Gasteiger partial charge >= 0.3 is 0 Å². The first-order valence-electron chi connectivity index (χ1n) is 9.79. The van der Waals surface area contributed by atoms with Crippen molar-refractivity contribution in [2.45, 2.75) is 32.7 Å². The standard InChI is InChI=1S/C22H23F2N3O3/c1-2-4-20(28)26-17-6-3-5-14(9-17)12-25-22(30)15-10-21(29)27(13-15)19-8-7-16(23)11-18(19)24/h3,5-9,11,15H,2,4,10,12-13H2,1H3,(H,25,30)(H,26,28). The molecule has 1 heterocycles. The molecule has 2 N–H and O–H groups in total. The molecule has 0 spiro atoms. The van der Waals surface area contributed by atoms with E-state index >= 15 is 0 Å². The molecular formula is C22H23F2N3O3. The number of hydrogen-bond donors (Lipinski definition) is 2. The van der Waals surface area contributed by atoms with Gasteiger partial charge in [0.15, 0.2) is 0 Å². The summed E-state index contributed by atoms with van der Waals surface area (Å²) < 4.78 is 27.1. The predicted molar refractivity (Wildman–Crippen MR) is 109 cm³/mol. The molecule has 30 heavy (non-hydrogen) atoms. The first kappa shape index (κ1) is 21.4. The first-order valence-corrected chi connectivity index (χ1v) is 9.79. The van der Waals surface area contributed by atoms with Crippen LogP contribution in [0.25, 0.3) is 0 Å². The van der Waals surface area contributed by atoms with Crippen LogP contribution in [0.15, 0.2) is 42.5 Å². The van der Waals surface area contributed by atoms with Crippen molar-refractivity contribution in [3.8, 4) is 0 Å². The van der Waals surface area contributed by atoms with Gasteiger partial charge in [0.1, 0.15) is 11.6 Å². The molecule has 1 aliphatic heterocycles. The summed E-state index contributed by atoms with van der Waals surface area (Å²) in [5.41, 5.74) is 1.41. The van der Waals surface area contributed by atoms with E-state index in [1.807, 2.05) is 13.0 Å². The molecular weight excluding hydrogens is 392 g/mol. The fourth-order valence-electron chi connectivity index (χ4n) is 3.36. The van der Waals surface area contributed by atoms with E-state index < -0.39 is 17.6 Å². The molecule has 158 valence electrons. The lowest BCUT2D eigenvalue weighted by atomic mass is 10.1. The Kier molecular flexibility index (Phi) is 6.76. The average Bonchev–Trinajstić information content (AvgIpc) is 3.08. The lowest BCUT2D eigenvalue weighted by Crippen LogP contribution is -2.32. The molecule has 0 saturated carbocycles. The van der Waals surface area contributed by atoms with E-state index in [1.165, 1.54) is 11.0 Å². The van der Waals surface area contributed by atoms with Gasteiger partial charge < -0.3 is 15.5 Å². The highest BCUT2D eigenvalue weighted by molar-refractivity contribution is 6.00. The van der Waals surface area contributed by atoms with Crippen LogP contribution in [0.3, 0.4) is 0 Å².